The minimum absolute atomic E-state index is 0.146. The van der Waals surface area contributed by atoms with Crippen LogP contribution in [0.1, 0.15) is 31.4 Å². The molecule has 1 atom stereocenters. The molecule has 1 amide bonds. The third kappa shape index (κ3) is 4.84. The second kappa shape index (κ2) is 7.54. The SMILES string of the molecule is C/C=C/C=C/C(=O)OC(C(=O)NC1CC1)c1ccc(F)cc1. The molecule has 1 N–H and O–H groups in total. The van der Waals surface area contributed by atoms with Crippen LogP contribution in [0.4, 0.5) is 4.39 Å². The van der Waals surface area contributed by atoms with E-state index in [1.54, 1.807) is 12.2 Å². The Balaban J connectivity index is 2.11. The molecule has 1 saturated carbocycles. The fraction of sp³-hybridized carbons (Fsp3) is 0.294. The fourth-order valence-electron chi connectivity index (χ4n) is 1.82. The van der Waals surface area contributed by atoms with Crippen molar-refractivity contribution < 1.29 is 18.7 Å². The minimum atomic E-state index is -1.08. The molecule has 1 unspecified atom stereocenters. The topological polar surface area (TPSA) is 55.4 Å². The Kier molecular flexibility index (Phi) is 5.47. The minimum Gasteiger partial charge on any atom is -0.444 e. The van der Waals surface area contributed by atoms with Crippen molar-refractivity contribution in [3.63, 3.8) is 0 Å². The van der Waals surface area contributed by atoms with Crippen LogP contribution in [-0.4, -0.2) is 17.9 Å². The third-order valence-corrected chi connectivity index (χ3v) is 3.10. The van der Waals surface area contributed by atoms with Crippen LogP contribution in [0.5, 0.6) is 0 Å². The van der Waals surface area contributed by atoms with E-state index < -0.39 is 17.9 Å². The highest BCUT2D eigenvalue weighted by molar-refractivity contribution is 5.88. The molecule has 0 heterocycles. The average Bonchev–Trinajstić information content (AvgIpc) is 3.30. The van der Waals surface area contributed by atoms with Gasteiger partial charge in [0.2, 0.25) is 6.10 Å². The van der Waals surface area contributed by atoms with Gasteiger partial charge in [0.25, 0.3) is 5.91 Å². The van der Waals surface area contributed by atoms with Crippen molar-refractivity contribution in [2.24, 2.45) is 0 Å². The summed E-state index contributed by atoms with van der Waals surface area (Å²) >= 11 is 0. The first-order valence-corrected chi connectivity index (χ1v) is 7.16. The van der Waals surface area contributed by atoms with Gasteiger partial charge in [-0.25, -0.2) is 9.18 Å². The van der Waals surface area contributed by atoms with Gasteiger partial charge < -0.3 is 10.1 Å². The smallest absolute Gasteiger partial charge is 0.331 e. The molecule has 4 nitrogen and oxygen atoms in total. The summed E-state index contributed by atoms with van der Waals surface area (Å²) in [6.07, 6.45) is 6.99. The molecule has 0 radical (unpaired) electrons. The van der Waals surface area contributed by atoms with Crippen molar-refractivity contribution in [3.8, 4) is 0 Å². The maximum atomic E-state index is 13.0. The number of ether oxygens (including phenoxy) is 1. The largest absolute Gasteiger partial charge is 0.444 e. The normalized spacial score (nSPS) is 15.9. The van der Waals surface area contributed by atoms with Crippen molar-refractivity contribution in [2.45, 2.75) is 31.9 Å². The summed E-state index contributed by atoms with van der Waals surface area (Å²) in [6, 6.07) is 5.49. The number of halogens is 1. The number of allylic oxidation sites excluding steroid dienone is 3. The zero-order valence-corrected chi connectivity index (χ0v) is 12.3. The highest BCUT2D eigenvalue weighted by Crippen LogP contribution is 2.23. The average molecular weight is 303 g/mol. The summed E-state index contributed by atoms with van der Waals surface area (Å²) in [5.41, 5.74) is 0.437. The second-order valence-electron chi connectivity index (χ2n) is 5.04. The second-order valence-corrected chi connectivity index (χ2v) is 5.04. The zero-order chi connectivity index (χ0) is 15.9. The standard InChI is InChI=1S/C17H18FNO3/c1-2-3-4-5-15(20)22-16(17(21)19-14-10-11-14)12-6-8-13(18)9-7-12/h2-9,14,16H,10-11H2,1H3,(H,19,21)/b3-2+,5-4+. The molecule has 1 aliphatic carbocycles. The summed E-state index contributed by atoms with van der Waals surface area (Å²) in [4.78, 5) is 24.0. The lowest BCUT2D eigenvalue weighted by atomic mass is 10.1. The van der Waals surface area contributed by atoms with Gasteiger partial charge in [0.05, 0.1) is 0 Å². The number of esters is 1. The summed E-state index contributed by atoms with van der Waals surface area (Å²) in [5, 5.41) is 2.79. The van der Waals surface area contributed by atoms with Gasteiger partial charge in [-0.2, -0.15) is 0 Å². The van der Waals surface area contributed by atoms with E-state index in [4.69, 9.17) is 4.74 Å². The van der Waals surface area contributed by atoms with E-state index in [1.807, 2.05) is 6.92 Å². The van der Waals surface area contributed by atoms with Crippen LogP contribution in [0.2, 0.25) is 0 Å². The van der Waals surface area contributed by atoms with Gasteiger partial charge in [0.15, 0.2) is 0 Å². The van der Waals surface area contributed by atoms with Crippen LogP contribution >= 0.6 is 0 Å². The van der Waals surface area contributed by atoms with Gasteiger partial charge in [0.1, 0.15) is 5.82 Å². The van der Waals surface area contributed by atoms with Gasteiger partial charge in [-0.1, -0.05) is 30.4 Å². The molecule has 1 fully saturated rings. The number of benzene rings is 1. The number of amides is 1. The van der Waals surface area contributed by atoms with Crippen LogP contribution in [0, 0.1) is 5.82 Å². The molecule has 1 aliphatic rings. The Hall–Kier alpha value is -2.43. The summed E-state index contributed by atoms with van der Waals surface area (Å²) in [6.45, 7) is 1.82. The quantitative estimate of drug-likeness (QED) is 0.499. The third-order valence-electron chi connectivity index (χ3n) is 3.10. The Morgan fingerprint density at radius 3 is 2.55 bits per heavy atom. The zero-order valence-electron chi connectivity index (χ0n) is 12.3. The predicted molar refractivity (Wildman–Crippen MR) is 80.4 cm³/mol. The van der Waals surface area contributed by atoms with E-state index in [0.29, 0.717) is 5.56 Å². The molecule has 0 spiro atoms. The Bertz CT molecular complexity index is 588. The van der Waals surface area contributed by atoms with E-state index >= 15 is 0 Å². The van der Waals surface area contributed by atoms with Gasteiger partial charge in [-0.05, 0) is 31.9 Å². The lowest BCUT2D eigenvalue weighted by Gasteiger charge is -2.17. The first-order chi connectivity index (χ1) is 10.6. The van der Waals surface area contributed by atoms with E-state index in [0.717, 1.165) is 12.8 Å². The van der Waals surface area contributed by atoms with Crippen molar-refractivity contribution in [3.05, 3.63) is 60.0 Å². The highest BCUT2D eigenvalue weighted by atomic mass is 19.1. The maximum Gasteiger partial charge on any atom is 0.331 e. The monoisotopic (exact) mass is 303 g/mol. The fourth-order valence-corrected chi connectivity index (χ4v) is 1.82. The lowest BCUT2D eigenvalue weighted by molar-refractivity contribution is -0.152. The number of carbonyl (C=O) groups is 2. The molecule has 0 saturated heterocycles. The molecule has 0 aromatic heterocycles. The van der Waals surface area contributed by atoms with Crippen molar-refractivity contribution >= 4 is 11.9 Å². The summed E-state index contributed by atoms with van der Waals surface area (Å²) in [7, 11) is 0. The number of nitrogens with one attached hydrogen (secondary N) is 1. The molecule has 5 heteroatoms. The Morgan fingerprint density at radius 1 is 1.27 bits per heavy atom. The molecule has 0 bridgehead atoms. The molecule has 0 aliphatic heterocycles. The van der Waals surface area contributed by atoms with Gasteiger partial charge in [-0.3, -0.25) is 4.79 Å². The van der Waals surface area contributed by atoms with Crippen molar-refractivity contribution in [2.75, 3.05) is 0 Å². The first kappa shape index (κ1) is 15.9. The molecular weight excluding hydrogens is 285 g/mol. The van der Waals surface area contributed by atoms with Crippen LogP contribution < -0.4 is 5.32 Å². The molecule has 116 valence electrons. The number of carbonyl (C=O) groups excluding carboxylic acids is 2. The Labute approximate surface area is 128 Å². The molecule has 1 aromatic rings. The molecule has 1 aromatic carbocycles. The number of hydrogen-bond donors (Lipinski definition) is 1. The van der Waals surface area contributed by atoms with Crippen LogP contribution in [0.25, 0.3) is 0 Å². The van der Waals surface area contributed by atoms with Crippen LogP contribution in [0.15, 0.2) is 48.6 Å². The van der Waals surface area contributed by atoms with Crippen LogP contribution in [-0.2, 0) is 14.3 Å². The maximum absolute atomic E-state index is 13.0. The van der Waals surface area contributed by atoms with Gasteiger partial charge in [0, 0.05) is 17.7 Å². The van der Waals surface area contributed by atoms with E-state index in [2.05, 4.69) is 5.32 Å². The Morgan fingerprint density at radius 2 is 1.95 bits per heavy atom. The molecule has 22 heavy (non-hydrogen) atoms. The highest BCUT2D eigenvalue weighted by Gasteiger charge is 2.30. The summed E-state index contributed by atoms with van der Waals surface area (Å²) in [5.74, 6) is -1.43. The van der Waals surface area contributed by atoms with E-state index in [9.17, 15) is 14.0 Å². The molecule has 2 rings (SSSR count). The van der Waals surface area contributed by atoms with Crippen molar-refractivity contribution in [1.82, 2.24) is 5.32 Å². The van der Waals surface area contributed by atoms with Gasteiger partial charge in [-0.15, -0.1) is 0 Å². The summed E-state index contributed by atoms with van der Waals surface area (Å²) < 4.78 is 18.2. The van der Waals surface area contributed by atoms with Crippen LogP contribution in [0.3, 0.4) is 0 Å². The van der Waals surface area contributed by atoms with Gasteiger partial charge >= 0.3 is 5.97 Å². The number of hydrogen-bond acceptors (Lipinski definition) is 3. The molecular formula is C17H18FNO3. The predicted octanol–water partition coefficient (Wildman–Crippen LogP) is 2.82. The number of rotatable bonds is 6. The first-order valence-electron chi connectivity index (χ1n) is 7.16. The lowest BCUT2D eigenvalue weighted by Crippen LogP contribution is -2.33. The van der Waals surface area contributed by atoms with E-state index in [-0.39, 0.29) is 11.9 Å². The van der Waals surface area contributed by atoms with E-state index in [1.165, 1.54) is 36.4 Å². The van der Waals surface area contributed by atoms with Crippen molar-refractivity contribution in [1.29, 1.82) is 0 Å².